The predicted molar refractivity (Wildman–Crippen MR) is 172 cm³/mol. The topological polar surface area (TPSA) is 51.6 Å². The van der Waals surface area contributed by atoms with Crippen LogP contribution in [0.2, 0.25) is 0 Å². The summed E-state index contributed by atoms with van der Waals surface area (Å²) in [6.07, 6.45) is 1.84. The minimum atomic E-state index is 0.637. The van der Waals surface area contributed by atoms with E-state index in [0.29, 0.717) is 17.5 Å². The van der Waals surface area contributed by atoms with Crippen molar-refractivity contribution in [2.24, 2.45) is 0 Å². The number of para-hydroxylation sites is 1. The first-order chi connectivity index (χ1) is 20.8. The average Bonchev–Trinajstić information content (AvgIpc) is 3.07. The summed E-state index contributed by atoms with van der Waals surface area (Å²) in [6.45, 7) is 0. The lowest BCUT2D eigenvalue weighted by Crippen LogP contribution is -2.01. The molecule has 0 saturated heterocycles. The molecule has 6 aromatic carbocycles. The maximum Gasteiger partial charge on any atom is 0.164 e. The molecule has 196 valence electrons. The van der Waals surface area contributed by atoms with E-state index in [9.17, 15) is 0 Å². The zero-order chi connectivity index (χ0) is 27.9. The van der Waals surface area contributed by atoms with Gasteiger partial charge in [-0.1, -0.05) is 133 Å². The highest BCUT2D eigenvalue weighted by molar-refractivity contribution is 5.98. The van der Waals surface area contributed by atoms with Crippen LogP contribution in [-0.2, 0) is 0 Å². The smallest absolute Gasteiger partial charge is 0.164 e. The Bertz CT molecular complexity index is 2140. The van der Waals surface area contributed by atoms with Crippen LogP contribution < -0.4 is 0 Å². The quantitative estimate of drug-likeness (QED) is 0.225. The lowest BCUT2D eigenvalue weighted by Gasteiger charge is -2.12. The van der Waals surface area contributed by atoms with Gasteiger partial charge >= 0.3 is 0 Å². The van der Waals surface area contributed by atoms with Gasteiger partial charge in [-0.15, -0.1) is 0 Å². The standard InChI is InChI=1S/C38H24N4/c1-3-15-30-25(9-1)11-5-18-33(30)37-40-36(41-38(42-37)34-19-6-12-26-10-2-4-16-31(26)34)29-22-20-27(21-23-29)32-17-7-13-28-14-8-24-39-35(28)32/h1-24H. The molecule has 0 spiro atoms. The van der Waals surface area contributed by atoms with Crippen molar-refractivity contribution in [2.45, 2.75) is 0 Å². The van der Waals surface area contributed by atoms with Gasteiger partial charge in [-0.2, -0.15) is 0 Å². The molecular weight excluding hydrogens is 512 g/mol. The van der Waals surface area contributed by atoms with E-state index in [4.69, 9.17) is 15.0 Å². The lowest BCUT2D eigenvalue weighted by molar-refractivity contribution is 1.08. The number of pyridine rings is 1. The fraction of sp³-hybridized carbons (Fsp3) is 0. The number of nitrogens with zero attached hydrogens (tertiary/aromatic N) is 4. The minimum absolute atomic E-state index is 0.637. The Hall–Kier alpha value is -5.74. The second-order valence-corrected chi connectivity index (χ2v) is 10.3. The molecule has 0 fully saturated rings. The summed E-state index contributed by atoms with van der Waals surface area (Å²) in [5.41, 5.74) is 6.08. The summed E-state index contributed by atoms with van der Waals surface area (Å²) in [5.74, 6) is 1.95. The van der Waals surface area contributed by atoms with Gasteiger partial charge in [0.1, 0.15) is 0 Å². The van der Waals surface area contributed by atoms with Gasteiger partial charge in [-0.25, -0.2) is 15.0 Å². The van der Waals surface area contributed by atoms with Crippen LogP contribution in [0, 0.1) is 0 Å². The van der Waals surface area contributed by atoms with Gasteiger partial charge in [0.2, 0.25) is 0 Å². The molecule has 0 unspecified atom stereocenters. The molecule has 0 atom stereocenters. The number of hydrogen-bond donors (Lipinski definition) is 0. The summed E-state index contributed by atoms with van der Waals surface area (Å²) < 4.78 is 0. The largest absolute Gasteiger partial charge is 0.256 e. The number of aromatic nitrogens is 4. The molecule has 8 rings (SSSR count). The van der Waals surface area contributed by atoms with E-state index < -0.39 is 0 Å². The third kappa shape index (κ3) is 4.18. The Morgan fingerprint density at radius 1 is 0.333 bits per heavy atom. The van der Waals surface area contributed by atoms with Crippen LogP contribution in [0.25, 0.3) is 77.7 Å². The molecular formula is C38H24N4. The van der Waals surface area contributed by atoms with Crippen molar-refractivity contribution in [3.05, 3.63) is 146 Å². The van der Waals surface area contributed by atoms with Crippen molar-refractivity contribution < 1.29 is 0 Å². The van der Waals surface area contributed by atoms with E-state index >= 15 is 0 Å². The van der Waals surface area contributed by atoms with E-state index in [-0.39, 0.29) is 0 Å². The second kappa shape index (κ2) is 10.0. The average molecular weight is 537 g/mol. The normalized spacial score (nSPS) is 11.3. The summed E-state index contributed by atoms with van der Waals surface area (Å²) in [5, 5.41) is 5.64. The minimum Gasteiger partial charge on any atom is -0.256 e. The Kier molecular flexibility index (Phi) is 5.75. The molecule has 4 heteroatoms. The summed E-state index contributed by atoms with van der Waals surface area (Å²) in [4.78, 5) is 19.8. The van der Waals surface area contributed by atoms with Crippen LogP contribution in [0.1, 0.15) is 0 Å². The second-order valence-electron chi connectivity index (χ2n) is 10.3. The summed E-state index contributed by atoms with van der Waals surface area (Å²) in [6, 6.07) is 48.0. The Labute approximate surface area is 243 Å². The maximum absolute atomic E-state index is 5.07. The van der Waals surface area contributed by atoms with Crippen LogP contribution in [0.4, 0.5) is 0 Å². The first-order valence-electron chi connectivity index (χ1n) is 14.0. The van der Waals surface area contributed by atoms with E-state index in [1.807, 2.05) is 12.3 Å². The summed E-state index contributed by atoms with van der Waals surface area (Å²) >= 11 is 0. The van der Waals surface area contributed by atoms with Gasteiger partial charge in [0.15, 0.2) is 17.5 Å². The first-order valence-corrected chi connectivity index (χ1v) is 14.0. The van der Waals surface area contributed by atoms with Crippen LogP contribution in [0.5, 0.6) is 0 Å². The van der Waals surface area contributed by atoms with Crippen molar-refractivity contribution in [1.82, 2.24) is 19.9 Å². The predicted octanol–water partition coefficient (Wildman–Crippen LogP) is 9.39. The van der Waals surface area contributed by atoms with Crippen molar-refractivity contribution >= 4 is 32.4 Å². The molecule has 2 aromatic heterocycles. The number of hydrogen-bond acceptors (Lipinski definition) is 4. The molecule has 0 aliphatic rings. The van der Waals surface area contributed by atoms with Crippen LogP contribution in [-0.4, -0.2) is 19.9 Å². The number of benzene rings is 6. The van der Waals surface area contributed by atoms with Gasteiger partial charge in [0.05, 0.1) is 5.52 Å². The lowest BCUT2D eigenvalue weighted by atomic mass is 10.0. The van der Waals surface area contributed by atoms with Crippen LogP contribution in [0.15, 0.2) is 146 Å². The highest BCUT2D eigenvalue weighted by atomic mass is 15.0. The van der Waals surface area contributed by atoms with Gasteiger partial charge in [-0.05, 0) is 33.2 Å². The van der Waals surface area contributed by atoms with Gasteiger partial charge < -0.3 is 0 Å². The third-order valence-electron chi connectivity index (χ3n) is 7.78. The van der Waals surface area contributed by atoms with Crippen molar-refractivity contribution in [3.8, 4) is 45.3 Å². The summed E-state index contributed by atoms with van der Waals surface area (Å²) in [7, 11) is 0. The zero-order valence-corrected chi connectivity index (χ0v) is 22.6. The van der Waals surface area contributed by atoms with Gasteiger partial charge in [0, 0.05) is 33.8 Å². The zero-order valence-electron chi connectivity index (χ0n) is 22.6. The van der Waals surface area contributed by atoms with Crippen LogP contribution in [0.3, 0.4) is 0 Å². The highest BCUT2D eigenvalue weighted by Gasteiger charge is 2.16. The molecule has 0 amide bonds. The van der Waals surface area contributed by atoms with Gasteiger partial charge in [0.25, 0.3) is 0 Å². The van der Waals surface area contributed by atoms with Crippen molar-refractivity contribution in [2.75, 3.05) is 0 Å². The molecule has 4 nitrogen and oxygen atoms in total. The first kappa shape index (κ1) is 24.1. The number of fused-ring (bicyclic) bond motifs is 3. The van der Waals surface area contributed by atoms with Gasteiger partial charge in [-0.3, -0.25) is 4.98 Å². The van der Waals surface area contributed by atoms with E-state index in [1.165, 1.54) is 0 Å². The fourth-order valence-corrected chi connectivity index (χ4v) is 5.72. The molecule has 0 saturated carbocycles. The molecule has 8 aromatic rings. The molecule has 0 radical (unpaired) electrons. The Balaban J connectivity index is 1.31. The SMILES string of the molecule is c1ccc2c(-c3nc(-c4ccc(-c5cccc6cccnc56)cc4)nc(-c4cccc5ccccc45)n3)cccc2c1. The Morgan fingerprint density at radius 3 is 1.45 bits per heavy atom. The molecule has 0 N–H and O–H groups in total. The third-order valence-corrected chi connectivity index (χ3v) is 7.78. The molecule has 0 bridgehead atoms. The maximum atomic E-state index is 5.07. The van der Waals surface area contributed by atoms with Crippen molar-refractivity contribution in [1.29, 1.82) is 0 Å². The number of rotatable bonds is 4. The molecule has 42 heavy (non-hydrogen) atoms. The molecule has 0 aliphatic heterocycles. The monoisotopic (exact) mass is 536 g/mol. The fourth-order valence-electron chi connectivity index (χ4n) is 5.72. The molecule has 2 heterocycles. The molecule has 0 aliphatic carbocycles. The van der Waals surface area contributed by atoms with E-state index in [1.54, 1.807) is 0 Å². The highest BCUT2D eigenvalue weighted by Crippen LogP contribution is 2.33. The Morgan fingerprint density at radius 2 is 0.810 bits per heavy atom. The van der Waals surface area contributed by atoms with E-state index in [2.05, 4.69) is 138 Å². The van der Waals surface area contributed by atoms with E-state index in [0.717, 1.165) is 60.3 Å². The van der Waals surface area contributed by atoms with Crippen molar-refractivity contribution in [3.63, 3.8) is 0 Å². The van der Waals surface area contributed by atoms with Crippen LogP contribution >= 0.6 is 0 Å².